The number of benzene rings is 1. The number of halogens is 1. The van der Waals surface area contributed by atoms with Crippen LogP contribution in [0.2, 0.25) is 5.02 Å². The smallest absolute Gasteiger partial charge is 0.412 e. The molecule has 2 aromatic rings. The SMILES string of the molecule is COC(=O)Nc1ccc(N2CCN(c3cccc(Cl)c3)CC2)cn1. The first-order valence-electron chi connectivity index (χ1n) is 7.72. The van der Waals surface area contributed by atoms with Crippen LogP contribution in [0.15, 0.2) is 42.6 Å². The largest absolute Gasteiger partial charge is 0.453 e. The van der Waals surface area contributed by atoms with E-state index in [2.05, 4.69) is 30.9 Å². The Morgan fingerprint density at radius 1 is 1.12 bits per heavy atom. The fourth-order valence-electron chi connectivity index (χ4n) is 2.70. The summed E-state index contributed by atoms with van der Waals surface area (Å²) < 4.78 is 4.55. The van der Waals surface area contributed by atoms with E-state index in [1.54, 1.807) is 12.3 Å². The number of rotatable bonds is 3. The van der Waals surface area contributed by atoms with Crippen LogP contribution in [0.5, 0.6) is 0 Å². The predicted octanol–water partition coefficient (Wildman–Crippen LogP) is 3.24. The third-order valence-electron chi connectivity index (χ3n) is 3.98. The van der Waals surface area contributed by atoms with Gasteiger partial charge in [-0.1, -0.05) is 17.7 Å². The number of anilines is 3. The van der Waals surface area contributed by atoms with E-state index in [1.165, 1.54) is 7.11 Å². The van der Waals surface area contributed by atoms with E-state index in [1.807, 2.05) is 24.3 Å². The van der Waals surface area contributed by atoms with Gasteiger partial charge in [0.25, 0.3) is 0 Å². The van der Waals surface area contributed by atoms with Crippen LogP contribution >= 0.6 is 11.6 Å². The van der Waals surface area contributed by atoms with Gasteiger partial charge in [-0.3, -0.25) is 5.32 Å². The lowest BCUT2D eigenvalue weighted by molar-refractivity contribution is 0.187. The lowest BCUT2D eigenvalue weighted by atomic mass is 10.2. The van der Waals surface area contributed by atoms with Gasteiger partial charge in [-0.2, -0.15) is 0 Å². The van der Waals surface area contributed by atoms with Crippen LogP contribution in [0.3, 0.4) is 0 Å². The standard InChI is InChI=1S/C17H19ClN4O2/c1-24-17(23)20-16-6-5-15(12-19-16)22-9-7-21(8-10-22)14-4-2-3-13(18)11-14/h2-6,11-12H,7-10H2,1H3,(H,19,20,23). The maximum atomic E-state index is 11.2. The number of carbonyl (C=O) groups is 1. The molecule has 6 nitrogen and oxygen atoms in total. The first-order valence-corrected chi connectivity index (χ1v) is 8.10. The number of piperazine rings is 1. The van der Waals surface area contributed by atoms with Crippen molar-refractivity contribution in [1.82, 2.24) is 4.98 Å². The number of hydrogen-bond donors (Lipinski definition) is 1. The Kier molecular flexibility index (Phi) is 5.05. The summed E-state index contributed by atoms with van der Waals surface area (Å²) in [6.07, 6.45) is 1.24. The molecule has 126 valence electrons. The second-order valence-electron chi connectivity index (χ2n) is 5.47. The molecule has 3 rings (SSSR count). The minimum Gasteiger partial charge on any atom is -0.453 e. The van der Waals surface area contributed by atoms with Crippen LogP contribution in [0, 0.1) is 0 Å². The van der Waals surface area contributed by atoms with E-state index in [-0.39, 0.29) is 0 Å². The Bertz CT molecular complexity index is 700. The van der Waals surface area contributed by atoms with Crippen LogP contribution in [-0.4, -0.2) is 44.4 Å². The van der Waals surface area contributed by atoms with Crippen molar-refractivity contribution in [2.24, 2.45) is 0 Å². The van der Waals surface area contributed by atoms with Gasteiger partial charge < -0.3 is 14.5 Å². The maximum absolute atomic E-state index is 11.2. The molecule has 0 unspecified atom stereocenters. The summed E-state index contributed by atoms with van der Waals surface area (Å²) >= 11 is 6.07. The lowest BCUT2D eigenvalue weighted by Crippen LogP contribution is -2.46. The second kappa shape index (κ2) is 7.40. The summed E-state index contributed by atoms with van der Waals surface area (Å²) in [5.41, 5.74) is 2.19. The summed E-state index contributed by atoms with van der Waals surface area (Å²) in [6, 6.07) is 11.7. The van der Waals surface area contributed by atoms with Crippen LogP contribution in [-0.2, 0) is 4.74 Å². The van der Waals surface area contributed by atoms with Crippen molar-refractivity contribution in [3.63, 3.8) is 0 Å². The molecule has 0 atom stereocenters. The number of aromatic nitrogens is 1. The average Bonchev–Trinajstić information content (AvgIpc) is 2.62. The number of nitrogens with one attached hydrogen (secondary N) is 1. The summed E-state index contributed by atoms with van der Waals surface area (Å²) in [6.45, 7) is 3.64. The van der Waals surface area contributed by atoms with Gasteiger partial charge in [-0.25, -0.2) is 9.78 Å². The topological polar surface area (TPSA) is 57.7 Å². The van der Waals surface area contributed by atoms with Gasteiger partial charge in [-0.15, -0.1) is 0 Å². The van der Waals surface area contributed by atoms with E-state index < -0.39 is 6.09 Å². The van der Waals surface area contributed by atoms with E-state index in [0.717, 1.165) is 42.6 Å². The van der Waals surface area contributed by atoms with Gasteiger partial charge in [0.05, 0.1) is 19.0 Å². The molecule has 1 amide bonds. The number of amides is 1. The molecular formula is C17H19ClN4O2. The van der Waals surface area contributed by atoms with Gasteiger partial charge in [0.15, 0.2) is 0 Å². The molecule has 2 heterocycles. The Hall–Kier alpha value is -2.47. The molecule has 1 aromatic carbocycles. The molecule has 0 aliphatic carbocycles. The van der Waals surface area contributed by atoms with Crippen LogP contribution < -0.4 is 15.1 Å². The highest BCUT2D eigenvalue weighted by molar-refractivity contribution is 6.30. The highest BCUT2D eigenvalue weighted by Crippen LogP contribution is 2.23. The van der Waals surface area contributed by atoms with Crippen LogP contribution in [0.1, 0.15) is 0 Å². The molecule has 0 bridgehead atoms. The van der Waals surface area contributed by atoms with Crippen molar-refractivity contribution in [2.45, 2.75) is 0 Å². The molecule has 0 radical (unpaired) electrons. The molecule has 0 spiro atoms. The summed E-state index contributed by atoms with van der Waals surface area (Å²) in [7, 11) is 1.32. The van der Waals surface area contributed by atoms with E-state index in [9.17, 15) is 4.79 Å². The van der Waals surface area contributed by atoms with Crippen molar-refractivity contribution in [2.75, 3.05) is 48.4 Å². The van der Waals surface area contributed by atoms with Gasteiger partial charge in [-0.05, 0) is 30.3 Å². The Labute approximate surface area is 146 Å². The predicted molar refractivity (Wildman–Crippen MR) is 96.1 cm³/mol. The molecular weight excluding hydrogens is 328 g/mol. The van der Waals surface area contributed by atoms with E-state index in [4.69, 9.17) is 11.6 Å². The zero-order chi connectivity index (χ0) is 16.9. The minimum absolute atomic E-state index is 0.475. The summed E-state index contributed by atoms with van der Waals surface area (Å²) in [5.74, 6) is 0.475. The van der Waals surface area contributed by atoms with E-state index >= 15 is 0 Å². The van der Waals surface area contributed by atoms with Gasteiger partial charge in [0, 0.05) is 36.9 Å². The average molecular weight is 347 g/mol. The van der Waals surface area contributed by atoms with Crippen molar-refractivity contribution >= 4 is 34.9 Å². The van der Waals surface area contributed by atoms with Crippen molar-refractivity contribution in [1.29, 1.82) is 0 Å². The second-order valence-corrected chi connectivity index (χ2v) is 5.91. The van der Waals surface area contributed by atoms with Gasteiger partial charge in [0.2, 0.25) is 0 Å². The number of methoxy groups -OCH3 is 1. The molecule has 0 saturated carbocycles. The lowest BCUT2D eigenvalue weighted by Gasteiger charge is -2.37. The monoisotopic (exact) mass is 346 g/mol. The molecule has 1 fully saturated rings. The van der Waals surface area contributed by atoms with Crippen LogP contribution in [0.25, 0.3) is 0 Å². The first kappa shape index (κ1) is 16.4. The minimum atomic E-state index is -0.523. The number of carbonyl (C=O) groups excluding carboxylic acids is 1. The molecule has 1 N–H and O–H groups in total. The number of pyridine rings is 1. The molecule has 1 saturated heterocycles. The highest BCUT2D eigenvalue weighted by Gasteiger charge is 2.18. The zero-order valence-electron chi connectivity index (χ0n) is 13.4. The Morgan fingerprint density at radius 2 is 1.83 bits per heavy atom. The molecule has 24 heavy (non-hydrogen) atoms. The quantitative estimate of drug-likeness (QED) is 0.924. The Morgan fingerprint density at radius 3 is 2.42 bits per heavy atom. The number of nitrogens with zero attached hydrogens (tertiary/aromatic N) is 3. The maximum Gasteiger partial charge on any atom is 0.412 e. The highest BCUT2D eigenvalue weighted by atomic mass is 35.5. The molecule has 1 aliphatic heterocycles. The number of ether oxygens (including phenoxy) is 1. The van der Waals surface area contributed by atoms with Crippen molar-refractivity contribution in [3.8, 4) is 0 Å². The fraction of sp³-hybridized carbons (Fsp3) is 0.294. The summed E-state index contributed by atoms with van der Waals surface area (Å²) in [5, 5.41) is 3.30. The van der Waals surface area contributed by atoms with Crippen molar-refractivity contribution < 1.29 is 9.53 Å². The third-order valence-corrected chi connectivity index (χ3v) is 4.22. The summed E-state index contributed by atoms with van der Waals surface area (Å²) in [4.78, 5) is 20.0. The van der Waals surface area contributed by atoms with Crippen LogP contribution in [0.4, 0.5) is 22.0 Å². The molecule has 1 aliphatic rings. The number of hydrogen-bond acceptors (Lipinski definition) is 5. The normalized spacial score (nSPS) is 14.4. The first-order chi connectivity index (χ1) is 11.7. The molecule has 7 heteroatoms. The van der Waals surface area contributed by atoms with Gasteiger partial charge in [0.1, 0.15) is 5.82 Å². The third kappa shape index (κ3) is 3.89. The van der Waals surface area contributed by atoms with Crippen molar-refractivity contribution in [3.05, 3.63) is 47.6 Å². The zero-order valence-corrected chi connectivity index (χ0v) is 14.2. The van der Waals surface area contributed by atoms with E-state index in [0.29, 0.717) is 5.82 Å². The van der Waals surface area contributed by atoms with Gasteiger partial charge >= 0.3 is 6.09 Å². The fourth-order valence-corrected chi connectivity index (χ4v) is 2.88. The molecule has 1 aromatic heterocycles. The Balaban J connectivity index is 1.59.